The van der Waals surface area contributed by atoms with E-state index in [0.717, 1.165) is 36.8 Å². The van der Waals surface area contributed by atoms with E-state index in [1.807, 2.05) is 41.9 Å². The highest BCUT2D eigenvalue weighted by molar-refractivity contribution is 5.95. The van der Waals surface area contributed by atoms with Crippen molar-refractivity contribution < 1.29 is 9.53 Å². The first kappa shape index (κ1) is 12.2. The number of esters is 1. The minimum absolute atomic E-state index is 0.0479. The Morgan fingerprint density at radius 1 is 1.32 bits per heavy atom. The largest absolute Gasteiger partial charge is 0.458 e. The van der Waals surface area contributed by atoms with Gasteiger partial charge in [0.2, 0.25) is 0 Å². The Hall–Kier alpha value is -1.81. The molecule has 1 aromatic carbocycles. The first-order valence-electron chi connectivity index (χ1n) is 6.72. The van der Waals surface area contributed by atoms with Crippen molar-refractivity contribution in [3.05, 3.63) is 36.0 Å². The summed E-state index contributed by atoms with van der Waals surface area (Å²) in [5.41, 5.74) is 1.68. The number of aromatic nitrogens is 1. The fraction of sp³-hybridized carbons (Fsp3) is 0.400. The Morgan fingerprint density at radius 2 is 2.05 bits per heavy atom. The summed E-state index contributed by atoms with van der Waals surface area (Å²) in [6, 6.07) is 9.88. The second-order valence-electron chi connectivity index (χ2n) is 5.00. The SMILES string of the molecule is Cn1c(C(=O)OC2CCNCC2)cc2ccccc21. The molecule has 0 spiro atoms. The van der Waals surface area contributed by atoms with Crippen LogP contribution >= 0.6 is 0 Å². The van der Waals surface area contributed by atoms with Crippen molar-refractivity contribution >= 4 is 16.9 Å². The van der Waals surface area contributed by atoms with Crippen LogP contribution in [0, 0.1) is 0 Å². The van der Waals surface area contributed by atoms with Crippen LogP contribution in [0.3, 0.4) is 0 Å². The van der Waals surface area contributed by atoms with Crippen molar-refractivity contribution in [2.24, 2.45) is 7.05 Å². The molecule has 2 aromatic rings. The standard InChI is InChI=1S/C15H18N2O2/c1-17-13-5-3-2-4-11(13)10-14(17)15(18)19-12-6-8-16-9-7-12/h2-5,10,12,16H,6-9H2,1H3. The molecule has 1 aliphatic heterocycles. The van der Waals surface area contributed by atoms with E-state index >= 15 is 0 Å². The average molecular weight is 258 g/mol. The van der Waals surface area contributed by atoms with Crippen molar-refractivity contribution in [2.45, 2.75) is 18.9 Å². The Morgan fingerprint density at radius 3 is 2.79 bits per heavy atom. The van der Waals surface area contributed by atoms with E-state index in [1.165, 1.54) is 0 Å². The minimum atomic E-state index is -0.217. The summed E-state index contributed by atoms with van der Waals surface area (Å²) in [4.78, 5) is 12.2. The van der Waals surface area contributed by atoms with E-state index in [9.17, 15) is 4.79 Å². The topological polar surface area (TPSA) is 43.3 Å². The lowest BCUT2D eigenvalue weighted by molar-refractivity contribution is 0.0219. The zero-order valence-electron chi connectivity index (χ0n) is 11.1. The molecule has 1 saturated heterocycles. The predicted octanol–water partition coefficient (Wildman–Crippen LogP) is 2.09. The summed E-state index contributed by atoms with van der Waals surface area (Å²) < 4.78 is 7.49. The number of piperidine rings is 1. The second kappa shape index (κ2) is 5.05. The number of hydrogen-bond donors (Lipinski definition) is 1. The first-order chi connectivity index (χ1) is 9.25. The Balaban J connectivity index is 1.83. The third-order valence-corrected chi connectivity index (χ3v) is 3.72. The molecule has 4 nitrogen and oxygen atoms in total. The molecule has 1 N–H and O–H groups in total. The molecular weight excluding hydrogens is 240 g/mol. The summed E-state index contributed by atoms with van der Waals surface area (Å²) in [6.45, 7) is 1.85. The lowest BCUT2D eigenvalue weighted by Gasteiger charge is -2.22. The van der Waals surface area contributed by atoms with Gasteiger partial charge in [-0.05, 0) is 38.1 Å². The van der Waals surface area contributed by atoms with Gasteiger partial charge in [0.25, 0.3) is 0 Å². The van der Waals surface area contributed by atoms with Crippen LogP contribution in [0.5, 0.6) is 0 Å². The van der Waals surface area contributed by atoms with E-state index in [-0.39, 0.29) is 12.1 Å². The molecule has 0 amide bonds. The summed E-state index contributed by atoms with van der Waals surface area (Å²) in [7, 11) is 1.90. The van der Waals surface area contributed by atoms with Gasteiger partial charge >= 0.3 is 5.97 Å². The smallest absolute Gasteiger partial charge is 0.355 e. The van der Waals surface area contributed by atoms with Gasteiger partial charge in [-0.2, -0.15) is 0 Å². The fourth-order valence-corrected chi connectivity index (χ4v) is 2.61. The highest BCUT2D eigenvalue weighted by Crippen LogP contribution is 2.20. The number of rotatable bonds is 2. The molecule has 0 radical (unpaired) electrons. The summed E-state index contributed by atoms with van der Waals surface area (Å²) >= 11 is 0. The maximum Gasteiger partial charge on any atom is 0.355 e. The Labute approximate surface area is 112 Å². The molecule has 19 heavy (non-hydrogen) atoms. The van der Waals surface area contributed by atoms with Crippen LogP contribution in [0.15, 0.2) is 30.3 Å². The first-order valence-corrected chi connectivity index (χ1v) is 6.72. The van der Waals surface area contributed by atoms with Gasteiger partial charge < -0.3 is 14.6 Å². The highest BCUT2D eigenvalue weighted by atomic mass is 16.5. The third-order valence-electron chi connectivity index (χ3n) is 3.72. The van der Waals surface area contributed by atoms with Gasteiger partial charge in [0.05, 0.1) is 0 Å². The van der Waals surface area contributed by atoms with Crippen molar-refractivity contribution in [2.75, 3.05) is 13.1 Å². The van der Waals surface area contributed by atoms with Gasteiger partial charge in [0, 0.05) is 18.0 Å². The zero-order chi connectivity index (χ0) is 13.2. The normalized spacial score (nSPS) is 16.7. The molecule has 2 heterocycles. The van der Waals surface area contributed by atoms with Crippen LogP contribution < -0.4 is 5.32 Å². The van der Waals surface area contributed by atoms with Crippen molar-refractivity contribution in [1.82, 2.24) is 9.88 Å². The third kappa shape index (κ3) is 2.36. The van der Waals surface area contributed by atoms with Gasteiger partial charge in [-0.25, -0.2) is 4.79 Å². The van der Waals surface area contributed by atoms with Crippen molar-refractivity contribution in [3.63, 3.8) is 0 Å². The maximum atomic E-state index is 12.2. The molecule has 0 atom stereocenters. The number of ether oxygens (including phenoxy) is 1. The summed E-state index contributed by atoms with van der Waals surface area (Å²) in [5, 5.41) is 4.34. The van der Waals surface area contributed by atoms with Gasteiger partial charge in [-0.3, -0.25) is 0 Å². The number of carbonyl (C=O) groups excluding carboxylic acids is 1. The number of carbonyl (C=O) groups is 1. The Kier molecular flexibility index (Phi) is 3.25. The Bertz CT molecular complexity index is 597. The molecule has 1 fully saturated rings. The molecule has 1 aromatic heterocycles. The van der Waals surface area contributed by atoms with Crippen molar-refractivity contribution in [3.8, 4) is 0 Å². The van der Waals surface area contributed by atoms with Crippen LogP contribution in [0.1, 0.15) is 23.3 Å². The maximum absolute atomic E-state index is 12.2. The van der Waals surface area contributed by atoms with E-state index in [0.29, 0.717) is 5.69 Å². The van der Waals surface area contributed by atoms with Crippen LogP contribution in [-0.2, 0) is 11.8 Å². The fourth-order valence-electron chi connectivity index (χ4n) is 2.61. The van der Waals surface area contributed by atoms with Crippen LogP contribution in [0.25, 0.3) is 10.9 Å². The second-order valence-corrected chi connectivity index (χ2v) is 5.00. The highest BCUT2D eigenvalue weighted by Gasteiger charge is 2.21. The number of nitrogens with one attached hydrogen (secondary N) is 1. The van der Waals surface area contributed by atoms with Crippen LogP contribution in [-0.4, -0.2) is 29.7 Å². The molecule has 100 valence electrons. The molecular formula is C15H18N2O2. The van der Waals surface area contributed by atoms with Gasteiger partial charge in [-0.1, -0.05) is 18.2 Å². The lowest BCUT2D eigenvalue weighted by atomic mass is 10.1. The van der Waals surface area contributed by atoms with E-state index in [1.54, 1.807) is 0 Å². The monoisotopic (exact) mass is 258 g/mol. The van der Waals surface area contributed by atoms with Crippen LogP contribution in [0.4, 0.5) is 0 Å². The van der Waals surface area contributed by atoms with Gasteiger partial charge in [0.1, 0.15) is 11.8 Å². The molecule has 0 unspecified atom stereocenters. The van der Waals surface area contributed by atoms with E-state index in [4.69, 9.17) is 4.74 Å². The predicted molar refractivity (Wildman–Crippen MR) is 74.2 cm³/mol. The quantitative estimate of drug-likeness (QED) is 0.839. The lowest BCUT2D eigenvalue weighted by Crippen LogP contribution is -2.34. The van der Waals surface area contributed by atoms with E-state index < -0.39 is 0 Å². The van der Waals surface area contributed by atoms with E-state index in [2.05, 4.69) is 5.32 Å². The molecule has 1 aliphatic rings. The number of fused-ring (bicyclic) bond motifs is 1. The molecule has 0 saturated carbocycles. The minimum Gasteiger partial charge on any atom is -0.458 e. The summed E-state index contributed by atoms with van der Waals surface area (Å²) in [6.07, 6.45) is 1.84. The number of hydrogen-bond acceptors (Lipinski definition) is 3. The number of nitrogens with zero attached hydrogens (tertiary/aromatic N) is 1. The summed E-state index contributed by atoms with van der Waals surface area (Å²) in [5.74, 6) is -0.217. The number of para-hydroxylation sites is 1. The van der Waals surface area contributed by atoms with Crippen LogP contribution in [0.2, 0.25) is 0 Å². The zero-order valence-corrected chi connectivity index (χ0v) is 11.1. The van der Waals surface area contributed by atoms with Gasteiger partial charge in [-0.15, -0.1) is 0 Å². The number of aryl methyl sites for hydroxylation is 1. The van der Waals surface area contributed by atoms with Crippen molar-refractivity contribution in [1.29, 1.82) is 0 Å². The molecule has 0 bridgehead atoms. The molecule has 4 heteroatoms. The number of benzene rings is 1. The average Bonchev–Trinajstić information content (AvgIpc) is 2.78. The molecule has 0 aliphatic carbocycles. The van der Waals surface area contributed by atoms with Gasteiger partial charge in [0.15, 0.2) is 0 Å². The molecule has 3 rings (SSSR count).